The predicted molar refractivity (Wildman–Crippen MR) is 53.4 cm³/mol. The zero-order valence-electron chi connectivity index (χ0n) is 9.11. The van der Waals surface area contributed by atoms with Crippen LogP contribution < -0.4 is 5.32 Å². The number of hydrogen-bond acceptors (Lipinski definition) is 2. The van der Waals surface area contributed by atoms with Crippen molar-refractivity contribution in [2.45, 2.75) is 40.2 Å². The number of rotatable bonds is 5. The molecular formula is C10H23NO. The van der Waals surface area contributed by atoms with Crippen LogP contribution in [0, 0.1) is 5.92 Å². The molecule has 0 spiro atoms. The van der Waals surface area contributed by atoms with Gasteiger partial charge in [0, 0.05) is 18.7 Å². The van der Waals surface area contributed by atoms with Crippen LogP contribution in [0.2, 0.25) is 0 Å². The summed E-state index contributed by atoms with van der Waals surface area (Å²) in [6.45, 7) is 13.5. The van der Waals surface area contributed by atoms with Crippen molar-refractivity contribution in [3.8, 4) is 0 Å². The average Bonchev–Trinajstić information content (AvgIpc) is 1.95. The van der Waals surface area contributed by atoms with E-state index in [1.807, 2.05) is 6.92 Å². The van der Waals surface area contributed by atoms with Gasteiger partial charge < -0.3 is 10.1 Å². The lowest BCUT2D eigenvalue weighted by Gasteiger charge is -2.23. The molecule has 12 heavy (non-hydrogen) atoms. The van der Waals surface area contributed by atoms with Crippen LogP contribution in [0.1, 0.15) is 34.6 Å². The van der Waals surface area contributed by atoms with Crippen LogP contribution in [0.3, 0.4) is 0 Å². The molecular weight excluding hydrogens is 150 g/mol. The van der Waals surface area contributed by atoms with Gasteiger partial charge in [0.1, 0.15) is 0 Å². The molecule has 0 rings (SSSR count). The van der Waals surface area contributed by atoms with Crippen molar-refractivity contribution in [3.05, 3.63) is 0 Å². The van der Waals surface area contributed by atoms with Gasteiger partial charge in [0.25, 0.3) is 0 Å². The average molecular weight is 173 g/mol. The summed E-state index contributed by atoms with van der Waals surface area (Å²) in [6, 6.07) is 0. The molecule has 0 heterocycles. The van der Waals surface area contributed by atoms with Crippen molar-refractivity contribution in [1.82, 2.24) is 5.32 Å². The smallest absolute Gasteiger partial charge is 0.0503 e. The van der Waals surface area contributed by atoms with Crippen LogP contribution in [0.4, 0.5) is 0 Å². The first kappa shape index (κ1) is 11.9. The van der Waals surface area contributed by atoms with Crippen LogP contribution in [-0.4, -0.2) is 25.3 Å². The van der Waals surface area contributed by atoms with E-state index >= 15 is 0 Å². The molecule has 0 fully saturated rings. The largest absolute Gasteiger partial charge is 0.381 e. The lowest BCUT2D eigenvalue weighted by Crippen LogP contribution is -2.39. The van der Waals surface area contributed by atoms with Crippen molar-refractivity contribution in [1.29, 1.82) is 0 Å². The van der Waals surface area contributed by atoms with Gasteiger partial charge in [-0.3, -0.25) is 0 Å². The molecule has 2 nitrogen and oxygen atoms in total. The Hall–Kier alpha value is -0.0800. The Morgan fingerprint density at radius 3 is 2.33 bits per heavy atom. The van der Waals surface area contributed by atoms with Gasteiger partial charge in [0.05, 0.1) is 6.61 Å². The van der Waals surface area contributed by atoms with Gasteiger partial charge in [-0.25, -0.2) is 0 Å². The van der Waals surface area contributed by atoms with Gasteiger partial charge in [0.15, 0.2) is 0 Å². The molecule has 0 aromatic heterocycles. The van der Waals surface area contributed by atoms with E-state index in [9.17, 15) is 0 Å². The molecule has 0 aromatic rings. The Morgan fingerprint density at radius 1 is 1.33 bits per heavy atom. The highest BCUT2D eigenvalue weighted by molar-refractivity contribution is 4.71. The fraction of sp³-hybridized carbons (Fsp3) is 1.00. The summed E-state index contributed by atoms with van der Waals surface area (Å²) < 4.78 is 5.32. The molecule has 0 amide bonds. The molecule has 0 aliphatic rings. The van der Waals surface area contributed by atoms with Gasteiger partial charge in [0.2, 0.25) is 0 Å². The molecule has 0 aromatic carbocycles. The Bertz CT molecular complexity index is 107. The summed E-state index contributed by atoms with van der Waals surface area (Å²) in [7, 11) is 0. The van der Waals surface area contributed by atoms with E-state index in [4.69, 9.17) is 4.74 Å². The van der Waals surface area contributed by atoms with Crippen molar-refractivity contribution in [2.24, 2.45) is 5.92 Å². The van der Waals surface area contributed by atoms with Crippen molar-refractivity contribution < 1.29 is 4.74 Å². The van der Waals surface area contributed by atoms with Gasteiger partial charge in [-0.05, 0) is 33.6 Å². The van der Waals surface area contributed by atoms with Crippen molar-refractivity contribution >= 4 is 0 Å². The maximum absolute atomic E-state index is 5.32. The van der Waals surface area contributed by atoms with E-state index in [1.54, 1.807) is 0 Å². The summed E-state index contributed by atoms with van der Waals surface area (Å²) in [4.78, 5) is 0. The molecule has 0 radical (unpaired) electrons. The molecule has 1 unspecified atom stereocenters. The minimum Gasteiger partial charge on any atom is -0.381 e. The first-order valence-corrected chi connectivity index (χ1v) is 4.78. The zero-order valence-corrected chi connectivity index (χ0v) is 9.11. The predicted octanol–water partition coefficient (Wildman–Crippen LogP) is 2.05. The second-order valence-electron chi connectivity index (χ2n) is 4.40. The molecule has 0 aliphatic carbocycles. The van der Waals surface area contributed by atoms with Gasteiger partial charge >= 0.3 is 0 Å². The van der Waals surface area contributed by atoms with Crippen LogP contribution in [0.15, 0.2) is 0 Å². The molecule has 2 heteroatoms. The number of hydrogen-bond donors (Lipinski definition) is 1. The third-order valence-corrected chi connectivity index (χ3v) is 1.59. The van der Waals surface area contributed by atoms with Crippen molar-refractivity contribution in [2.75, 3.05) is 19.8 Å². The minimum absolute atomic E-state index is 0.223. The molecule has 1 atom stereocenters. The van der Waals surface area contributed by atoms with Gasteiger partial charge in [-0.1, -0.05) is 6.92 Å². The van der Waals surface area contributed by atoms with E-state index in [1.165, 1.54) is 0 Å². The summed E-state index contributed by atoms with van der Waals surface area (Å²) in [5.74, 6) is 0.601. The Kier molecular flexibility index (Phi) is 5.51. The van der Waals surface area contributed by atoms with Crippen LogP contribution in [0.5, 0.6) is 0 Å². The third-order valence-electron chi connectivity index (χ3n) is 1.59. The van der Waals surface area contributed by atoms with Crippen LogP contribution in [-0.2, 0) is 4.74 Å². The SMILES string of the molecule is CCOCC(C)CNC(C)(C)C. The molecule has 1 N–H and O–H groups in total. The van der Waals surface area contributed by atoms with E-state index in [2.05, 4.69) is 33.0 Å². The normalized spacial score (nSPS) is 14.8. The highest BCUT2D eigenvalue weighted by Gasteiger charge is 2.10. The summed E-state index contributed by atoms with van der Waals surface area (Å²) in [5.41, 5.74) is 0.223. The molecule has 0 saturated heterocycles. The lowest BCUT2D eigenvalue weighted by molar-refractivity contribution is 0.113. The number of nitrogens with one attached hydrogen (secondary N) is 1. The van der Waals surface area contributed by atoms with Crippen LogP contribution in [0.25, 0.3) is 0 Å². The van der Waals surface area contributed by atoms with Gasteiger partial charge in [-0.15, -0.1) is 0 Å². The number of ether oxygens (including phenoxy) is 1. The highest BCUT2D eigenvalue weighted by Crippen LogP contribution is 2.01. The molecule has 0 bridgehead atoms. The van der Waals surface area contributed by atoms with E-state index < -0.39 is 0 Å². The summed E-state index contributed by atoms with van der Waals surface area (Å²) >= 11 is 0. The Morgan fingerprint density at radius 2 is 1.92 bits per heavy atom. The van der Waals surface area contributed by atoms with Gasteiger partial charge in [-0.2, -0.15) is 0 Å². The standard InChI is InChI=1S/C10H23NO/c1-6-12-8-9(2)7-11-10(3,4)5/h9,11H,6-8H2,1-5H3. The second kappa shape index (κ2) is 5.55. The van der Waals surface area contributed by atoms with E-state index in [0.29, 0.717) is 5.92 Å². The molecule has 74 valence electrons. The van der Waals surface area contributed by atoms with Crippen molar-refractivity contribution in [3.63, 3.8) is 0 Å². The maximum atomic E-state index is 5.32. The third kappa shape index (κ3) is 8.02. The fourth-order valence-electron chi connectivity index (χ4n) is 0.858. The fourth-order valence-corrected chi connectivity index (χ4v) is 0.858. The van der Waals surface area contributed by atoms with E-state index in [-0.39, 0.29) is 5.54 Å². The monoisotopic (exact) mass is 173 g/mol. The molecule has 0 aliphatic heterocycles. The minimum atomic E-state index is 0.223. The highest BCUT2D eigenvalue weighted by atomic mass is 16.5. The zero-order chi connectivity index (χ0) is 9.61. The first-order valence-electron chi connectivity index (χ1n) is 4.78. The van der Waals surface area contributed by atoms with Crippen LogP contribution >= 0.6 is 0 Å². The Labute approximate surface area is 76.7 Å². The Balaban J connectivity index is 3.37. The summed E-state index contributed by atoms with van der Waals surface area (Å²) in [6.07, 6.45) is 0. The second-order valence-corrected chi connectivity index (χ2v) is 4.40. The lowest BCUT2D eigenvalue weighted by atomic mass is 10.1. The first-order chi connectivity index (χ1) is 5.45. The maximum Gasteiger partial charge on any atom is 0.0503 e. The quantitative estimate of drug-likeness (QED) is 0.687. The topological polar surface area (TPSA) is 21.3 Å². The summed E-state index contributed by atoms with van der Waals surface area (Å²) in [5, 5.41) is 3.45. The van der Waals surface area contributed by atoms with E-state index in [0.717, 1.165) is 19.8 Å². The molecule has 0 saturated carbocycles.